The summed E-state index contributed by atoms with van der Waals surface area (Å²) < 4.78 is 37.2. The molecule has 2 aromatic rings. The van der Waals surface area contributed by atoms with Crippen LogP contribution in [0.2, 0.25) is 5.15 Å². The number of hydrogen-bond donors (Lipinski definition) is 0. The van der Waals surface area contributed by atoms with Gasteiger partial charge < -0.3 is 0 Å². The summed E-state index contributed by atoms with van der Waals surface area (Å²) in [6, 6.07) is 7.96. The highest BCUT2D eigenvalue weighted by molar-refractivity contribution is 7.90. The molecule has 0 N–H and O–H groups in total. The highest BCUT2D eigenvalue weighted by Crippen LogP contribution is 2.34. The molecule has 0 fully saturated rings. The van der Waals surface area contributed by atoms with Crippen molar-refractivity contribution in [2.75, 3.05) is 6.26 Å². The first-order chi connectivity index (χ1) is 10.3. The first kappa shape index (κ1) is 16.4. The van der Waals surface area contributed by atoms with Crippen molar-refractivity contribution in [2.24, 2.45) is 0 Å². The lowest BCUT2D eigenvalue weighted by Crippen LogP contribution is -2.01. The van der Waals surface area contributed by atoms with Gasteiger partial charge in [0.1, 0.15) is 16.7 Å². The number of sulfone groups is 1. The van der Waals surface area contributed by atoms with Crippen LogP contribution in [-0.2, 0) is 9.84 Å². The van der Waals surface area contributed by atoms with Crippen LogP contribution in [0, 0.1) is 0 Å². The van der Waals surface area contributed by atoms with Crippen LogP contribution in [0.3, 0.4) is 0 Å². The monoisotopic (exact) mass is 337 g/mol. The van der Waals surface area contributed by atoms with Crippen LogP contribution in [0.15, 0.2) is 48.4 Å². The zero-order valence-corrected chi connectivity index (χ0v) is 13.4. The Morgan fingerprint density at radius 1 is 1.32 bits per heavy atom. The van der Waals surface area contributed by atoms with Gasteiger partial charge in [0.05, 0.1) is 4.90 Å². The molecule has 0 unspecified atom stereocenters. The lowest BCUT2D eigenvalue weighted by Gasteiger charge is -2.12. The lowest BCUT2D eigenvalue weighted by atomic mass is 10.0. The quantitative estimate of drug-likeness (QED) is 0.777. The molecule has 0 aliphatic heterocycles. The Kier molecular flexibility index (Phi) is 4.49. The molecule has 3 nitrogen and oxygen atoms in total. The summed E-state index contributed by atoms with van der Waals surface area (Å²) in [5, 5.41) is -0.00417. The molecule has 2 rings (SSSR count). The number of benzene rings is 1. The fraction of sp³-hybridized carbons (Fsp3) is 0.0625. The lowest BCUT2D eigenvalue weighted by molar-refractivity contribution is 0.602. The first-order valence-electron chi connectivity index (χ1n) is 6.23. The van der Waals surface area contributed by atoms with Gasteiger partial charge in [0.25, 0.3) is 0 Å². The highest BCUT2D eigenvalue weighted by atomic mass is 35.5. The van der Waals surface area contributed by atoms with Gasteiger partial charge in [-0.25, -0.2) is 17.8 Å². The molecule has 1 heterocycles. The predicted octanol–water partition coefficient (Wildman–Crippen LogP) is 4.39. The first-order valence-corrected chi connectivity index (χ1v) is 8.50. The summed E-state index contributed by atoms with van der Waals surface area (Å²) in [6.45, 7) is 6.80. The van der Waals surface area contributed by atoms with Crippen LogP contribution >= 0.6 is 11.6 Å². The Balaban J connectivity index is 2.80. The van der Waals surface area contributed by atoms with E-state index in [0.717, 1.165) is 6.26 Å². The van der Waals surface area contributed by atoms with Crippen LogP contribution in [0.5, 0.6) is 0 Å². The Morgan fingerprint density at radius 3 is 2.50 bits per heavy atom. The molecule has 0 radical (unpaired) electrons. The molecule has 0 bridgehead atoms. The summed E-state index contributed by atoms with van der Waals surface area (Å²) in [6.07, 6.45) is 2.52. The third-order valence-corrected chi connectivity index (χ3v) is 4.50. The molecule has 0 aliphatic carbocycles. The van der Waals surface area contributed by atoms with Crippen LogP contribution in [0.1, 0.15) is 11.3 Å². The Labute approximate surface area is 133 Å². The molecule has 0 saturated carbocycles. The van der Waals surface area contributed by atoms with Crippen molar-refractivity contribution in [3.8, 4) is 11.1 Å². The number of hydrogen-bond acceptors (Lipinski definition) is 3. The van der Waals surface area contributed by atoms with Gasteiger partial charge in [-0.15, -0.1) is 0 Å². The van der Waals surface area contributed by atoms with E-state index in [1.165, 1.54) is 12.1 Å². The second kappa shape index (κ2) is 6.02. The summed E-state index contributed by atoms with van der Waals surface area (Å²) in [4.78, 5) is 4.09. The van der Waals surface area contributed by atoms with Crippen molar-refractivity contribution in [2.45, 2.75) is 4.90 Å². The normalized spacial score (nSPS) is 11.2. The second-order valence-corrected chi connectivity index (χ2v) is 6.98. The van der Waals surface area contributed by atoms with Crippen molar-refractivity contribution in [1.29, 1.82) is 0 Å². The summed E-state index contributed by atoms with van der Waals surface area (Å²) in [5.74, 6) is -0.736. The summed E-state index contributed by atoms with van der Waals surface area (Å²) in [7, 11) is -3.45. The van der Waals surface area contributed by atoms with Crippen LogP contribution in [0.25, 0.3) is 23.0 Å². The van der Waals surface area contributed by atoms with Gasteiger partial charge in [-0.3, -0.25) is 0 Å². The maximum atomic E-state index is 13.4. The Bertz CT molecular complexity index is 876. The number of pyridine rings is 1. The third kappa shape index (κ3) is 3.10. The smallest absolute Gasteiger partial charge is 0.176 e. The van der Waals surface area contributed by atoms with E-state index in [0.29, 0.717) is 16.7 Å². The van der Waals surface area contributed by atoms with E-state index in [1.807, 2.05) is 0 Å². The van der Waals surface area contributed by atoms with Crippen LogP contribution in [-0.4, -0.2) is 19.7 Å². The summed E-state index contributed by atoms with van der Waals surface area (Å²) >= 11 is 6.11. The maximum Gasteiger partial charge on any atom is 0.176 e. The average molecular weight is 338 g/mol. The molecule has 22 heavy (non-hydrogen) atoms. The topological polar surface area (TPSA) is 47.0 Å². The van der Waals surface area contributed by atoms with E-state index in [9.17, 15) is 12.8 Å². The van der Waals surface area contributed by atoms with Gasteiger partial charge in [-0.05, 0) is 12.1 Å². The predicted molar refractivity (Wildman–Crippen MR) is 88.0 cm³/mol. The van der Waals surface area contributed by atoms with Crippen molar-refractivity contribution < 1.29 is 12.8 Å². The number of aromatic nitrogens is 1. The zero-order chi connectivity index (χ0) is 16.5. The molecule has 0 aliphatic rings. The largest absolute Gasteiger partial charge is 0.232 e. The zero-order valence-electron chi connectivity index (χ0n) is 11.8. The minimum absolute atomic E-state index is 0.00417. The fourth-order valence-electron chi connectivity index (χ4n) is 2.08. The van der Waals surface area contributed by atoms with Gasteiger partial charge in [0, 0.05) is 22.9 Å². The van der Waals surface area contributed by atoms with E-state index in [2.05, 4.69) is 18.1 Å². The molecule has 6 heteroatoms. The molecule has 0 amide bonds. The van der Waals surface area contributed by atoms with E-state index in [1.54, 1.807) is 24.3 Å². The van der Waals surface area contributed by atoms with Crippen molar-refractivity contribution in [3.05, 3.63) is 59.9 Å². The molecular formula is C16H13ClFNO2S. The molecule has 1 aromatic carbocycles. The van der Waals surface area contributed by atoms with Gasteiger partial charge in [-0.2, -0.15) is 0 Å². The van der Waals surface area contributed by atoms with Crippen molar-refractivity contribution >= 4 is 33.3 Å². The second-order valence-electron chi connectivity index (χ2n) is 4.64. The summed E-state index contributed by atoms with van der Waals surface area (Å²) in [5.41, 5.74) is 1.17. The number of nitrogens with zero attached hydrogens (tertiary/aromatic N) is 1. The Hall–Kier alpha value is -1.98. The van der Waals surface area contributed by atoms with Crippen molar-refractivity contribution in [3.63, 3.8) is 0 Å². The SMILES string of the molecule is C=Cc1cc(-c2ccccc2S(C)(=O)=O)c(Cl)nc1C(=C)F. The third-order valence-electron chi connectivity index (χ3n) is 3.06. The average Bonchev–Trinajstić information content (AvgIpc) is 2.46. The van der Waals surface area contributed by atoms with Gasteiger partial charge in [0.2, 0.25) is 0 Å². The highest BCUT2D eigenvalue weighted by Gasteiger charge is 2.18. The molecular weight excluding hydrogens is 325 g/mol. The van der Waals surface area contributed by atoms with Crippen LogP contribution < -0.4 is 0 Å². The standard InChI is InChI=1S/C16H13ClFNO2S/c1-4-11-9-13(16(17)19-15(11)10(2)18)12-7-5-6-8-14(12)22(3,20)21/h4-9H,1-2H2,3H3. The Morgan fingerprint density at radius 2 is 1.95 bits per heavy atom. The number of halogens is 2. The molecule has 1 aromatic heterocycles. The number of rotatable bonds is 4. The molecule has 0 spiro atoms. The minimum atomic E-state index is -3.45. The maximum absolute atomic E-state index is 13.4. The van der Waals surface area contributed by atoms with Gasteiger partial charge in [0.15, 0.2) is 9.84 Å². The molecule has 0 saturated heterocycles. The van der Waals surface area contributed by atoms with Gasteiger partial charge >= 0.3 is 0 Å². The van der Waals surface area contributed by atoms with Crippen molar-refractivity contribution in [1.82, 2.24) is 4.98 Å². The van der Waals surface area contributed by atoms with Gasteiger partial charge in [-0.1, -0.05) is 49.0 Å². The van der Waals surface area contributed by atoms with E-state index >= 15 is 0 Å². The molecule has 114 valence electrons. The van der Waals surface area contributed by atoms with E-state index in [-0.39, 0.29) is 15.7 Å². The molecule has 0 atom stereocenters. The minimum Gasteiger partial charge on any atom is -0.232 e. The van der Waals surface area contributed by atoms with E-state index in [4.69, 9.17) is 11.6 Å². The fourth-order valence-corrected chi connectivity index (χ4v) is 3.22. The van der Waals surface area contributed by atoms with Crippen LogP contribution in [0.4, 0.5) is 4.39 Å². The van der Waals surface area contributed by atoms with E-state index < -0.39 is 15.7 Å².